The summed E-state index contributed by atoms with van der Waals surface area (Å²) in [5.74, 6) is 0.171. The van der Waals surface area contributed by atoms with Gasteiger partial charge in [-0.2, -0.15) is 0 Å². The number of nitrogens with one attached hydrogen (secondary N) is 1. The first kappa shape index (κ1) is 28.5. The Labute approximate surface area is 224 Å². The van der Waals surface area contributed by atoms with Crippen molar-refractivity contribution in [1.82, 2.24) is 29.1 Å². The number of aromatic amines is 1. The molecule has 20 heteroatoms. The number of aliphatic hydroxyl groups excluding tert-OH is 2. The second-order valence-electron chi connectivity index (χ2n) is 8.88. The van der Waals surface area contributed by atoms with Crippen LogP contribution >= 0.6 is 15.7 Å². The SMILES string of the molecule is Nc1ncnc2c1ncn2[C@H]1C[C@H](O)[C@@H](COP(=O)(O)O[C@H]2C[C@H](n3cc(C#P=O)c(=O)[nH]c3=O)O[C@@H]2CO)O1. The number of nitrogens with zero attached hydrogens (tertiary/aromatic N) is 5. The molecule has 1 unspecified atom stereocenters. The molecule has 0 spiro atoms. The standard InChI is InChI=1S/C20H23N7O11P2/c21-17-16-18(23-7-22-17)27(8-24-16)14-1-10(29)13(37-14)5-35-40(33,34)38-11-2-15(36-12(11)4-28)26-3-9(6-39-32)19(30)25-20(26)31/h3,7-8,10-15,28-29H,1-2,4-5H2,(H,33,34)(H2,21,22,23)(H,25,30,31)/t10-,11-,12+,13+,14+,15+/m0/s1. The minimum atomic E-state index is -4.79. The summed E-state index contributed by atoms with van der Waals surface area (Å²) in [7, 11) is -5.38. The molecule has 7 atom stereocenters. The Kier molecular flexibility index (Phi) is 8.17. The Morgan fingerprint density at radius 1 is 1.20 bits per heavy atom. The Bertz CT molecular complexity index is 1690. The number of aliphatic hydroxyl groups is 2. The Hall–Kier alpha value is -3.01. The van der Waals surface area contributed by atoms with Gasteiger partial charge in [0.2, 0.25) is 0 Å². The van der Waals surface area contributed by atoms with Gasteiger partial charge < -0.3 is 15.6 Å². The fraction of sp³-hybridized carbons (Fsp3) is 0.500. The van der Waals surface area contributed by atoms with Gasteiger partial charge in [-0.25, -0.2) is 15.0 Å². The smallest absolute Gasteiger partial charge is 0.349 e. The molecule has 2 aliphatic rings. The number of H-pyrrole nitrogens is 1. The number of anilines is 1. The Morgan fingerprint density at radius 3 is 2.70 bits per heavy atom. The Morgan fingerprint density at radius 2 is 1.95 bits per heavy atom. The first-order valence-electron chi connectivity index (χ1n) is 11.7. The van der Waals surface area contributed by atoms with Crippen LogP contribution < -0.4 is 17.0 Å². The number of aromatic nitrogens is 6. The predicted octanol–water partition coefficient (Wildman–Crippen LogP) is -1.01. The number of hydrogen-bond donors (Lipinski definition) is 5. The minimum absolute atomic E-state index is 0.0985. The molecule has 5 heterocycles. The van der Waals surface area contributed by atoms with Crippen LogP contribution in [0.1, 0.15) is 30.9 Å². The molecule has 3 aromatic rings. The maximum Gasteiger partial charge on any atom is -0.349 e. The van der Waals surface area contributed by atoms with Crippen LogP contribution in [0.2, 0.25) is 0 Å². The number of hydrogen-bond acceptors (Lipinski definition) is 14. The summed E-state index contributed by atoms with van der Waals surface area (Å²) < 4.78 is 47.7. The van der Waals surface area contributed by atoms with E-state index in [0.29, 0.717) is 11.2 Å². The number of phosphoric acid groups is 1. The zero-order valence-electron chi connectivity index (χ0n) is 20.3. The molecule has 0 saturated carbocycles. The van der Waals surface area contributed by atoms with Crippen molar-refractivity contribution in [2.45, 2.75) is 49.7 Å². The molecule has 6 N–H and O–H groups in total. The monoisotopic (exact) mass is 599 g/mol. The van der Waals surface area contributed by atoms with Crippen molar-refractivity contribution in [3.63, 3.8) is 0 Å². The number of phosphoric ester groups is 1. The largest absolute Gasteiger partial charge is 0.349 e. The third kappa shape index (κ3) is 5.73. The summed E-state index contributed by atoms with van der Waals surface area (Å²) in [5.41, 5.74) is 6.88. The van der Waals surface area contributed by atoms with Crippen molar-refractivity contribution in [2.75, 3.05) is 18.9 Å². The summed E-state index contributed by atoms with van der Waals surface area (Å²) in [6.45, 7) is -1.17. The van der Waals surface area contributed by atoms with Crippen molar-refractivity contribution in [2.24, 2.45) is 0 Å². The molecule has 0 radical (unpaired) electrons. The van der Waals surface area contributed by atoms with Gasteiger partial charge in [0.15, 0.2) is 11.5 Å². The van der Waals surface area contributed by atoms with E-state index in [1.165, 1.54) is 12.7 Å². The van der Waals surface area contributed by atoms with E-state index in [9.17, 15) is 33.8 Å². The number of imidazole rings is 1. The molecule has 0 aromatic carbocycles. The van der Waals surface area contributed by atoms with Crippen LogP contribution in [0, 0.1) is 5.63 Å². The summed E-state index contributed by atoms with van der Waals surface area (Å²) in [4.78, 5) is 48.6. The molecular weight excluding hydrogens is 576 g/mol. The molecule has 0 aliphatic carbocycles. The van der Waals surface area contributed by atoms with Crippen molar-refractivity contribution in [1.29, 1.82) is 0 Å². The maximum atomic E-state index is 12.7. The first-order valence-corrected chi connectivity index (χ1v) is 14.0. The van der Waals surface area contributed by atoms with Gasteiger partial charge in [-0.1, -0.05) is 0 Å². The van der Waals surface area contributed by atoms with Gasteiger partial charge in [0.25, 0.3) is 0 Å². The van der Waals surface area contributed by atoms with E-state index in [-0.39, 0.29) is 24.2 Å². The number of ether oxygens (including phenoxy) is 2. The van der Waals surface area contributed by atoms with Crippen LogP contribution in [0.3, 0.4) is 0 Å². The van der Waals surface area contributed by atoms with Crippen LogP contribution in [0.5, 0.6) is 0 Å². The molecule has 2 fully saturated rings. The fourth-order valence-corrected chi connectivity index (χ4v) is 5.68. The van der Waals surface area contributed by atoms with Gasteiger partial charge in [0.1, 0.15) is 18.1 Å². The second kappa shape index (κ2) is 11.5. The number of rotatable bonds is 8. The van der Waals surface area contributed by atoms with E-state index in [1.54, 1.807) is 4.57 Å². The van der Waals surface area contributed by atoms with Crippen LogP contribution in [0.25, 0.3) is 11.2 Å². The van der Waals surface area contributed by atoms with E-state index in [4.69, 9.17) is 24.3 Å². The van der Waals surface area contributed by atoms with Crippen molar-refractivity contribution in [3.8, 4) is 5.63 Å². The normalized spacial score (nSPS) is 28.0. The molecule has 214 valence electrons. The zero-order chi connectivity index (χ0) is 28.6. The summed E-state index contributed by atoms with van der Waals surface area (Å²) in [6, 6.07) is 0. The van der Waals surface area contributed by atoms with Crippen molar-refractivity contribution < 1.29 is 42.8 Å². The number of nitrogens with two attached hydrogens (primary N) is 1. The molecule has 0 bridgehead atoms. The molecule has 3 aromatic heterocycles. The van der Waals surface area contributed by atoms with E-state index in [2.05, 4.69) is 20.6 Å². The third-order valence-corrected chi connectivity index (χ3v) is 7.72. The molecule has 5 rings (SSSR count). The number of nitrogen functional groups attached to an aromatic ring is 1. The van der Waals surface area contributed by atoms with Crippen LogP contribution in [0.4, 0.5) is 5.82 Å². The summed E-state index contributed by atoms with van der Waals surface area (Å²) in [5, 5.41) is 20.2. The molecule has 40 heavy (non-hydrogen) atoms. The maximum absolute atomic E-state index is 12.7. The van der Waals surface area contributed by atoms with E-state index in [0.717, 1.165) is 10.8 Å². The van der Waals surface area contributed by atoms with E-state index in [1.807, 2.05) is 4.98 Å². The van der Waals surface area contributed by atoms with Gasteiger partial charge >= 0.3 is 141 Å². The summed E-state index contributed by atoms with van der Waals surface area (Å²) in [6.07, 6.45) is -2.62. The van der Waals surface area contributed by atoms with Crippen LogP contribution in [-0.2, 0) is 27.7 Å². The molecule has 2 aliphatic heterocycles. The van der Waals surface area contributed by atoms with Gasteiger partial charge in [0, 0.05) is 6.42 Å². The van der Waals surface area contributed by atoms with Gasteiger partial charge in [-0.3, -0.25) is 4.57 Å². The van der Waals surface area contributed by atoms with Gasteiger partial charge in [-0.05, 0) is 0 Å². The van der Waals surface area contributed by atoms with E-state index < -0.39 is 77.1 Å². The van der Waals surface area contributed by atoms with Gasteiger partial charge in [-0.15, -0.1) is 0 Å². The quantitative estimate of drug-likeness (QED) is 0.194. The molecular formula is C20H23N7O11P2. The Balaban J connectivity index is 1.23. The predicted molar refractivity (Wildman–Crippen MR) is 132 cm³/mol. The molecule has 0 amide bonds. The second-order valence-corrected chi connectivity index (χ2v) is 10.7. The van der Waals surface area contributed by atoms with E-state index >= 15 is 0 Å². The van der Waals surface area contributed by atoms with Crippen molar-refractivity contribution >= 4 is 32.7 Å². The van der Waals surface area contributed by atoms with Crippen LogP contribution in [0.15, 0.2) is 28.4 Å². The number of fused-ring (bicyclic) bond motifs is 1. The average Bonchev–Trinajstić information content (AvgIpc) is 3.61. The molecule has 2 saturated heterocycles. The zero-order valence-corrected chi connectivity index (χ0v) is 22.1. The fourth-order valence-electron chi connectivity index (χ4n) is 4.46. The minimum Gasteiger partial charge on any atom is -0.349 e. The summed E-state index contributed by atoms with van der Waals surface area (Å²) >= 11 is 0. The van der Waals surface area contributed by atoms with Crippen molar-refractivity contribution in [3.05, 3.63) is 45.3 Å². The third-order valence-electron chi connectivity index (χ3n) is 6.38. The topological polar surface area (TPSA) is 256 Å². The van der Waals surface area contributed by atoms with Gasteiger partial charge in [0.05, 0.1) is 12.4 Å². The first-order chi connectivity index (χ1) is 19.1. The molecule has 18 nitrogen and oxygen atoms in total. The average molecular weight is 599 g/mol. The van der Waals surface area contributed by atoms with Crippen LogP contribution in [-0.4, -0.2) is 81.8 Å².